The van der Waals surface area contributed by atoms with Crippen LogP contribution in [-0.4, -0.2) is 72.2 Å². The van der Waals surface area contributed by atoms with Crippen LogP contribution in [0.15, 0.2) is 24.7 Å². The fourth-order valence-electron chi connectivity index (χ4n) is 3.54. The number of imidazole rings is 1. The van der Waals surface area contributed by atoms with Gasteiger partial charge < -0.3 is 19.3 Å². The fraction of sp³-hybridized carbons (Fsp3) is 0.632. The summed E-state index contributed by atoms with van der Waals surface area (Å²) in [4.78, 5) is 20.5. The minimum atomic E-state index is 0.435. The lowest BCUT2D eigenvalue weighted by molar-refractivity contribution is 0.380. The fourth-order valence-corrected chi connectivity index (χ4v) is 3.54. The minimum absolute atomic E-state index is 0.435. The lowest BCUT2D eigenvalue weighted by Gasteiger charge is -2.33. The number of hydrogen-bond donors (Lipinski definition) is 0. The van der Waals surface area contributed by atoms with Crippen LogP contribution in [0.5, 0.6) is 0 Å². The standard InChI is InChI=1S/C19H31N7/c1-23(2)11-6-13-25-14-10-20-18(25)16-7-5-12-26(15-16)19-21-9-8-17(22-19)24(3)4/h8-10,14,16H,5-7,11-13,15H2,1-4H3/t16-/m1/s1. The molecule has 142 valence electrons. The molecule has 0 aromatic carbocycles. The van der Waals surface area contributed by atoms with Crippen LogP contribution in [-0.2, 0) is 6.54 Å². The predicted molar refractivity (Wildman–Crippen MR) is 106 cm³/mol. The molecule has 7 heteroatoms. The zero-order valence-electron chi connectivity index (χ0n) is 16.5. The number of aryl methyl sites for hydroxylation is 1. The van der Waals surface area contributed by atoms with Gasteiger partial charge in [0.1, 0.15) is 11.6 Å². The van der Waals surface area contributed by atoms with E-state index in [9.17, 15) is 0 Å². The van der Waals surface area contributed by atoms with Gasteiger partial charge in [0, 0.05) is 58.2 Å². The Morgan fingerprint density at radius 1 is 1.15 bits per heavy atom. The molecule has 2 aromatic rings. The number of hydrogen-bond acceptors (Lipinski definition) is 6. The summed E-state index contributed by atoms with van der Waals surface area (Å²) >= 11 is 0. The first-order valence-electron chi connectivity index (χ1n) is 9.45. The van der Waals surface area contributed by atoms with Gasteiger partial charge >= 0.3 is 0 Å². The summed E-state index contributed by atoms with van der Waals surface area (Å²) < 4.78 is 2.33. The summed E-state index contributed by atoms with van der Waals surface area (Å²) in [5, 5.41) is 0. The van der Waals surface area contributed by atoms with Crippen LogP contribution in [0.3, 0.4) is 0 Å². The zero-order chi connectivity index (χ0) is 18.5. The minimum Gasteiger partial charge on any atom is -0.363 e. The summed E-state index contributed by atoms with van der Waals surface area (Å²) in [6.45, 7) is 4.06. The number of nitrogens with zero attached hydrogens (tertiary/aromatic N) is 7. The van der Waals surface area contributed by atoms with E-state index in [0.717, 1.165) is 50.8 Å². The average Bonchev–Trinajstić information content (AvgIpc) is 3.10. The van der Waals surface area contributed by atoms with Crippen molar-refractivity contribution in [1.29, 1.82) is 0 Å². The van der Waals surface area contributed by atoms with Gasteiger partial charge in [0.25, 0.3) is 0 Å². The van der Waals surface area contributed by atoms with Gasteiger partial charge in [0.15, 0.2) is 0 Å². The second-order valence-electron chi connectivity index (χ2n) is 7.53. The lowest BCUT2D eigenvalue weighted by Crippen LogP contribution is -2.36. The molecule has 0 bridgehead atoms. The summed E-state index contributed by atoms with van der Waals surface area (Å²) in [5.74, 6) is 3.41. The Morgan fingerprint density at radius 3 is 2.77 bits per heavy atom. The van der Waals surface area contributed by atoms with E-state index in [1.54, 1.807) is 0 Å². The highest BCUT2D eigenvalue weighted by molar-refractivity contribution is 5.43. The van der Waals surface area contributed by atoms with Gasteiger partial charge in [-0.2, -0.15) is 4.98 Å². The van der Waals surface area contributed by atoms with Crippen molar-refractivity contribution in [2.24, 2.45) is 0 Å². The number of rotatable bonds is 7. The molecule has 0 N–H and O–H groups in total. The van der Waals surface area contributed by atoms with Crippen LogP contribution in [0.1, 0.15) is 31.0 Å². The monoisotopic (exact) mass is 357 g/mol. The van der Waals surface area contributed by atoms with E-state index >= 15 is 0 Å². The molecule has 0 aliphatic carbocycles. The van der Waals surface area contributed by atoms with Gasteiger partial charge in [-0.1, -0.05) is 0 Å². The normalized spacial score (nSPS) is 17.7. The quantitative estimate of drug-likeness (QED) is 0.756. The molecule has 26 heavy (non-hydrogen) atoms. The largest absolute Gasteiger partial charge is 0.363 e. The molecule has 1 atom stereocenters. The topological polar surface area (TPSA) is 53.3 Å². The van der Waals surface area contributed by atoms with Crippen molar-refractivity contribution >= 4 is 11.8 Å². The maximum atomic E-state index is 4.71. The van der Waals surface area contributed by atoms with Crippen LogP contribution < -0.4 is 9.80 Å². The smallest absolute Gasteiger partial charge is 0.227 e. The second-order valence-corrected chi connectivity index (χ2v) is 7.53. The Kier molecular flexibility index (Phi) is 6.08. The molecular weight excluding hydrogens is 326 g/mol. The maximum absolute atomic E-state index is 4.71. The van der Waals surface area contributed by atoms with E-state index in [1.165, 1.54) is 12.2 Å². The number of piperidine rings is 1. The van der Waals surface area contributed by atoms with Crippen molar-refractivity contribution in [1.82, 2.24) is 24.4 Å². The Balaban J connectivity index is 1.69. The summed E-state index contributed by atoms with van der Waals surface area (Å²) in [6, 6.07) is 1.95. The number of aromatic nitrogens is 4. The van der Waals surface area contributed by atoms with E-state index < -0.39 is 0 Å². The lowest BCUT2D eigenvalue weighted by atomic mass is 9.97. The highest BCUT2D eigenvalue weighted by Crippen LogP contribution is 2.28. The highest BCUT2D eigenvalue weighted by atomic mass is 15.3. The van der Waals surface area contributed by atoms with Crippen molar-refractivity contribution in [2.75, 3.05) is 57.6 Å². The van der Waals surface area contributed by atoms with E-state index in [-0.39, 0.29) is 0 Å². The van der Waals surface area contributed by atoms with Crippen molar-refractivity contribution < 1.29 is 0 Å². The van der Waals surface area contributed by atoms with Gasteiger partial charge in [-0.15, -0.1) is 0 Å². The molecule has 0 unspecified atom stereocenters. The van der Waals surface area contributed by atoms with Crippen LogP contribution in [0.25, 0.3) is 0 Å². The molecule has 1 aliphatic rings. The Bertz CT molecular complexity index is 695. The van der Waals surface area contributed by atoms with Crippen molar-refractivity contribution in [3.8, 4) is 0 Å². The summed E-state index contributed by atoms with van der Waals surface area (Å²) in [6.07, 6.45) is 9.36. The molecule has 1 saturated heterocycles. The molecule has 7 nitrogen and oxygen atoms in total. The van der Waals surface area contributed by atoms with Crippen LogP contribution in [0.4, 0.5) is 11.8 Å². The Labute approximate surface area is 156 Å². The SMILES string of the molecule is CN(C)CCCn1ccnc1[C@@H]1CCCN(c2nccc(N(C)C)n2)C1. The van der Waals surface area contributed by atoms with Crippen LogP contribution >= 0.6 is 0 Å². The average molecular weight is 358 g/mol. The van der Waals surface area contributed by atoms with Crippen LogP contribution in [0.2, 0.25) is 0 Å². The molecule has 3 rings (SSSR count). The third-order valence-corrected chi connectivity index (χ3v) is 4.91. The summed E-state index contributed by atoms with van der Waals surface area (Å²) in [5.41, 5.74) is 0. The van der Waals surface area contributed by atoms with E-state index in [1.807, 2.05) is 37.5 Å². The molecular formula is C19H31N7. The molecule has 0 spiro atoms. The van der Waals surface area contributed by atoms with Crippen molar-refractivity contribution in [3.63, 3.8) is 0 Å². The first-order chi connectivity index (χ1) is 12.5. The molecule has 0 amide bonds. The molecule has 1 aliphatic heterocycles. The summed E-state index contributed by atoms with van der Waals surface area (Å²) in [7, 11) is 8.26. The van der Waals surface area contributed by atoms with E-state index in [4.69, 9.17) is 4.98 Å². The molecule has 0 radical (unpaired) electrons. The first kappa shape index (κ1) is 18.6. The molecule has 0 saturated carbocycles. The zero-order valence-corrected chi connectivity index (χ0v) is 16.5. The third-order valence-electron chi connectivity index (χ3n) is 4.91. The van der Waals surface area contributed by atoms with Crippen molar-refractivity contribution in [2.45, 2.75) is 31.7 Å². The molecule has 3 heterocycles. The molecule has 1 fully saturated rings. The Hall–Kier alpha value is -2.15. The van der Waals surface area contributed by atoms with Crippen molar-refractivity contribution in [3.05, 3.63) is 30.5 Å². The highest BCUT2D eigenvalue weighted by Gasteiger charge is 2.26. The van der Waals surface area contributed by atoms with E-state index in [0.29, 0.717) is 5.92 Å². The second kappa shape index (κ2) is 8.49. The number of anilines is 2. The predicted octanol–water partition coefficient (Wildman–Crippen LogP) is 2.07. The van der Waals surface area contributed by atoms with E-state index in [2.05, 4.69) is 44.6 Å². The van der Waals surface area contributed by atoms with Gasteiger partial charge in [-0.25, -0.2) is 9.97 Å². The first-order valence-corrected chi connectivity index (χ1v) is 9.45. The Morgan fingerprint density at radius 2 is 2.00 bits per heavy atom. The van der Waals surface area contributed by atoms with Gasteiger partial charge in [0.05, 0.1) is 0 Å². The molecule has 2 aromatic heterocycles. The van der Waals surface area contributed by atoms with Gasteiger partial charge in [0.2, 0.25) is 5.95 Å². The maximum Gasteiger partial charge on any atom is 0.227 e. The third kappa shape index (κ3) is 4.52. The van der Waals surface area contributed by atoms with Gasteiger partial charge in [-0.05, 0) is 46.0 Å². The van der Waals surface area contributed by atoms with Crippen LogP contribution in [0, 0.1) is 0 Å². The van der Waals surface area contributed by atoms with Gasteiger partial charge in [-0.3, -0.25) is 0 Å².